The van der Waals surface area contributed by atoms with Crippen LogP contribution in [0.1, 0.15) is 18.1 Å². The van der Waals surface area contributed by atoms with Crippen molar-refractivity contribution in [2.24, 2.45) is 0 Å². The first kappa shape index (κ1) is 16.4. The molecule has 0 aliphatic carbocycles. The highest BCUT2D eigenvalue weighted by molar-refractivity contribution is 7.88. The number of piperazine rings is 1. The molecule has 0 saturated carbocycles. The molecule has 1 fully saturated rings. The largest absolute Gasteiger partial charge is 0.313 e. The van der Waals surface area contributed by atoms with Gasteiger partial charge in [0.1, 0.15) is 0 Å². The van der Waals surface area contributed by atoms with Gasteiger partial charge >= 0.3 is 0 Å². The highest BCUT2D eigenvalue weighted by Gasteiger charge is 2.23. The molecular formula is C15H25N3O2S. The lowest BCUT2D eigenvalue weighted by Crippen LogP contribution is -2.47. The Kier molecular flexibility index (Phi) is 5.75. The smallest absolute Gasteiger partial charge is 0.211 e. The fourth-order valence-electron chi connectivity index (χ4n) is 2.51. The van der Waals surface area contributed by atoms with Crippen molar-refractivity contribution in [2.45, 2.75) is 20.0 Å². The molecule has 1 saturated heterocycles. The van der Waals surface area contributed by atoms with Crippen LogP contribution in [0.4, 0.5) is 0 Å². The molecule has 1 aromatic carbocycles. The first-order chi connectivity index (χ1) is 9.99. The maximum absolute atomic E-state index is 11.5. The highest BCUT2D eigenvalue weighted by atomic mass is 32.2. The molecule has 1 N–H and O–H groups in total. The van der Waals surface area contributed by atoms with Crippen molar-refractivity contribution in [1.82, 2.24) is 14.5 Å². The van der Waals surface area contributed by atoms with Gasteiger partial charge in [-0.15, -0.1) is 0 Å². The number of rotatable bonds is 6. The summed E-state index contributed by atoms with van der Waals surface area (Å²) in [4.78, 5) is 2.31. The Morgan fingerprint density at radius 1 is 1.05 bits per heavy atom. The van der Waals surface area contributed by atoms with E-state index in [4.69, 9.17) is 0 Å². The Balaban J connectivity index is 1.83. The van der Waals surface area contributed by atoms with Crippen LogP contribution >= 0.6 is 0 Å². The second-order valence-electron chi connectivity index (χ2n) is 5.54. The lowest BCUT2D eigenvalue weighted by atomic mass is 10.1. The van der Waals surface area contributed by atoms with Crippen LogP contribution in [-0.4, -0.2) is 56.6 Å². The van der Waals surface area contributed by atoms with Gasteiger partial charge in [0.15, 0.2) is 0 Å². The molecule has 1 aromatic rings. The molecule has 6 heteroatoms. The zero-order chi connectivity index (χ0) is 15.3. The number of sulfonamides is 1. The van der Waals surface area contributed by atoms with Gasteiger partial charge in [-0.25, -0.2) is 8.42 Å². The van der Waals surface area contributed by atoms with Crippen molar-refractivity contribution < 1.29 is 8.42 Å². The average Bonchev–Trinajstić information content (AvgIpc) is 2.46. The normalized spacial score (nSPS) is 18.0. The van der Waals surface area contributed by atoms with Gasteiger partial charge < -0.3 is 5.32 Å². The molecule has 1 heterocycles. The highest BCUT2D eigenvalue weighted by Crippen LogP contribution is 2.11. The minimum atomic E-state index is -3.04. The van der Waals surface area contributed by atoms with Crippen LogP contribution < -0.4 is 5.32 Å². The van der Waals surface area contributed by atoms with Crippen LogP contribution in [0.2, 0.25) is 0 Å². The predicted molar refractivity (Wildman–Crippen MR) is 85.5 cm³/mol. The molecule has 0 bridgehead atoms. The van der Waals surface area contributed by atoms with E-state index in [1.54, 1.807) is 4.31 Å². The standard InChI is InChI=1S/C15H25N3O2S/c1-3-16-12-14-4-6-15(7-5-14)13-17-8-10-18(11-9-17)21(2,19)20/h4-7,16H,3,8-13H2,1-2H3. The minimum Gasteiger partial charge on any atom is -0.313 e. The van der Waals surface area contributed by atoms with Crippen molar-refractivity contribution in [2.75, 3.05) is 39.0 Å². The third-order valence-corrected chi connectivity index (χ3v) is 5.11. The molecule has 0 unspecified atom stereocenters. The van der Waals surface area contributed by atoms with Crippen molar-refractivity contribution in [3.63, 3.8) is 0 Å². The maximum Gasteiger partial charge on any atom is 0.211 e. The monoisotopic (exact) mass is 311 g/mol. The summed E-state index contributed by atoms with van der Waals surface area (Å²) >= 11 is 0. The van der Waals surface area contributed by atoms with Gasteiger partial charge in [-0.05, 0) is 17.7 Å². The van der Waals surface area contributed by atoms with E-state index >= 15 is 0 Å². The van der Waals surface area contributed by atoms with E-state index in [1.807, 2.05) is 0 Å². The quantitative estimate of drug-likeness (QED) is 0.847. The van der Waals surface area contributed by atoms with E-state index < -0.39 is 10.0 Å². The molecule has 0 spiro atoms. The number of nitrogens with zero attached hydrogens (tertiary/aromatic N) is 2. The molecular weight excluding hydrogens is 286 g/mol. The zero-order valence-electron chi connectivity index (χ0n) is 12.9. The molecule has 2 rings (SSSR count). The Morgan fingerprint density at radius 3 is 2.14 bits per heavy atom. The van der Waals surface area contributed by atoms with Crippen LogP contribution in [0.5, 0.6) is 0 Å². The number of nitrogens with one attached hydrogen (secondary N) is 1. The van der Waals surface area contributed by atoms with Crippen LogP contribution in [0.15, 0.2) is 24.3 Å². The predicted octanol–water partition coefficient (Wildman–Crippen LogP) is 0.873. The van der Waals surface area contributed by atoms with Crippen LogP contribution in [0.3, 0.4) is 0 Å². The lowest BCUT2D eigenvalue weighted by molar-refractivity contribution is 0.182. The first-order valence-corrected chi connectivity index (χ1v) is 9.30. The average molecular weight is 311 g/mol. The molecule has 5 nitrogen and oxygen atoms in total. The van der Waals surface area contributed by atoms with E-state index in [0.717, 1.165) is 32.7 Å². The third kappa shape index (κ3) is 5.07. The maximum atomic E-state index is 11.5. The van der Waals surface area contributed by atoms with Gasteiger partial charge in [0.05, 0.1) is 6.26 Å². The Hall–Kier alpha value is -0.950. The zero-order valence-corrected chi connectivity index (χ0v) is 13.7. The minimum absolute atomic E-state index is 0.595. The van der Waals surface area contributed by atoms with Crippen LogP contribution in [0, 0.1) is 0 Å². The summed E-state index contributed by atoms with van der Waals surface area (Å²) in [7, 11) is -3.04. The fourth-order valence-corrected chi connectivity index (χ4v) is 3.34. The summed E-state index contributed by atoms with van der Waals surface area (Å²) in [5, 5.41) is 3.31. The second-order valence-corrected chi connectivity index (χ2v) is 7.52. The van der Waals surface area contributed by atoms with Crippen LogP contribution in [0.25, 0.3) is 0 Å². The van der Waals surface area contributed by atoms with Gasteiger partial charge in [0.2, 0.25) is 10.0 Å². The Labute approximate surface area is 128 Å². The van der Waals surface area contributed by atoms with Gasteiger partial charge in [-0.1, -0.05) is 31.2 Å². The molecule has 0 radical (unpaired) electrons. The molecule has 1 aliphatic rings. The SMILES string of the molecule is CCNCc1ccc(CN2CCN(S(C)(=O)=O)CC2)cc1. The molecule has 118 valence electrons. The first-order valence-electron chi connectivity index (χ1n) is 7.45. The molecule has 0 aromatic heterocycles. The van der Waals surface area contributed by atoms with E-state index in [-0.39, 0.29) is 0 Å². The van der Waals surface area contributed by atoms with Gasteiger partial charge in [0, 0.05) is 39.3 Å². The summed E-state index contributed by atoms with van der Waals surface area (Å²) < 4.78 is 24.5. The summed E-state index contributed by atoms with van der Waals surface area (Å²) in [5.41, 5.74) is 2.57. The van der Waals surface area contributed by atoms with Gasteiger partial charge in [-0.3, -0.25) is 4.90 Å². The summed E-state index contributed by atoms with van der Waals surface area (Å²) in [6, 6.07) is 8.64. The van der Waals surface area contributed by atoms with Crippen molar-refractivity contribution in [3.05, 3.63) is 35.4 Å². The Morgan fingerprint density at radius 2 is 1.62 bits per heavy atom. The fraction of sp³-hybridized carbons (Fsp3) is 0.600. The van der Waals surface area contributed by atoms with E-state index in [9.17, 15) is 8.42 Å². The molecule has 21 heavy (non-hydrogen) atoms. The van der Waals surface area contributed by atoms with Crippen molar-refractivity contribution in [1.29, 1.82) is 0 Å². The van der Waals surface area contributed by atoms with Crippen LogP contribution in [-0.2, 0) is 23.1 Å². The Bertz CT molecular complexity index is 535. The topological polar surface area (TPSA) is 52.6 Å². The van der Waals surface area contributed by atoms with E-state index in [2.05, 4.69) is 41.4 Å². The number of benzene rings is 1. The number of hydrogen-bond acceptors (Lipinski definition) is 4. The van der Waals surface area contributed by atoms with E-state index in [0.29, 0.717) is 13.1 Å². The molecule has 0 atom stereocenters. The van der Waals surface area contributed by atoms with Crippen molar-refractivity contribution in [3.8, 4) is 0 Å². The van der Waals surface area contributed by atoms with E-state index in [1.165, 1.54) is 17.4 Å². The van der Waals surface area contributed by atoms with Crippen molar-refractivity contribution >= 4 is 10.0 Å². The molecule has 0 amide bonds. The summed E-state index contributed by atoms with van der Waals surface area (Å²) in [6.07, 6.45) is 1.28. The summed E-state index contributed by atoms with van der Waals surface area (Å²) in [6.45, 7) is 7.66. The number of hydrogen-bond donors (Lipinski definition) is 1. The van der Waals surface area contributed by atoms with Gasteiger partial charge in [0.25, 0.3) is 0 Å². The summed E-state index contributed by atoms with van der Waals surface area (Å²) in [5.74, 6) is 0. The van der Waals surface area contributed by atoms with Gasteiger partial charge in [-0.2, -0.15) is 4.31 Å². The second kappa shape index (κ2) is 7.35. The third-order valence-electron chi connectivity index (χ3n) is 3.81. The lowest BCUT2D eigenvalue weighted by Gasteiger charge is -2.33. The molecule has 1 aliphatic heterocycles.